The van der Waals surface area contributed by atoms with E-state index in [1.807, 2.05) is 0 Å². The van der Waals surface area contributed by atoms with Crippen LogP contribution in [-0.2, 0) is 14.6 Å². The first-order valence-electron chi connectivity index (χ1n) is 7.39. The van der Waals surface area contributed by atoms with E-state index in [1.54, 1.807) is 24.3 Å². The minimum absolute atomic E-state index is 0.235. The molecule has 142 valence electrons. The number of nitrogens with one attached hydrogen (secondary N) is 2. The molecule has 11 heteroatoms. The van der Waals surface area contributed by atoms with E-state index >= 15 is 0 Å². The number of hydrogen-bond donors (Lipinski definition) is 2. The molecule has 0 spiro atoms. The summed E-state index contributed by atoms with van der Waals surface area (Å²) in [6.45, 7) is -0.397. The molecule has 2 amide bonds. The fourth-order valence-electron chi connectivity index (χ4n) is 2.03. The lowest BCUT2D eigenvalue weighted by molar-refractivity contribution is -0.385. The maximum Gasteiger partial charge on any atom is 0.271 e. The molecule has 0 unspecified atom stereocenters. The van der Waals surface area contributed by atoms with Gasteiger partial charge in [0.25, 0.3) is 11.6 Å². The van der Waals surface area contributed by atoms with Gasteiger partial charge in [-0.15, -0.1) is 0 Å². The number of amides is 2. The molecule has 0 radical (unpaired) electrons. The van der Waals surface area contributed by atoms with Gasteiger partial charge in [-0.3, -0.25) is 19.7 Å². The number of nitro benzene ring substituents is 1. The molecule has 0 saturated carbocycles. The van der Waals surface area contributed by atoms with Crippen molar-refractivity contribution in [1.29, 1.82) is 0 Å². The Bertz CT molecular complexity index is 1010. The van der Waals surface area contributed by atoms with Crippen LogP contribution in [0.1, 0.15) is 10.4 Å². The van der Waals surface area contributed by atoms with E-state index in [9.17, 15) is 28.1 Å². The Balaban J connectivity index is 2.10. The number of non-ortho nitro benzene ring substituents is 1. The molecule has 0 heterocycles. The summed E-state index contributed by atoms with van der Waals surface area (Å²) in [5, 5.41) is 15.8. The van der Waals surface area contributed by atoms with E-state index in [1.165, 1.54) is 0 Å². The minimum Gasteiger partial charge on any atom is -0.343 e. The number of carbonyl (C=O) groups excluding carboxylic acids is 2. The summed E-state index contributed by atoms with van der Waals surface area (Å²) in [6.07, 6.45) is 0.874. The Morgan fingerprint density at radius 1 is 1.15 bits per heavy atom. The molecule has 0 aromatic heterocycles. The molecule has 27 heavy (non-hydrogen) atoms. The van der Waals surface area contributed by atoms with Crippen LogP contribution in [0.4, 0.5) is 11.4 Å². The lowest BCUT2D eigenvalue weighted by Crippen LogP contribution is -2.33. The summed E-state index contributed by atoms with van der Waals surface area (Å²) in [6, 6.07) is 9.59. The summed E-state index contributed by atoms with van der Waals surface area (Å²) in [5.74, 6) is -1.33. The Hall–Kier alpha value is -2.79. The van der Waals surface area contributed by atoms with Crippen molar-refractivity contribution in [1.82, 2.24) is 5.32 Å². The molecule has 2 aromatic carbocycles. The van der Waals surface area contributed by atoms with Crippen LogP contribution in [0.3, 0.4) is 0 Å². The maximum atomic E-state index is 12.2. The number of carbonyl (C=O) groups is 2. The third kappa shape index (κ3) is 5.86. The molecule has 0 atom stereocenters. The van der Waals surface area contributed by atoms with Crippen LogP contribution < -0.4 is 10.6 Å². The number of benzene rings is 2. The van der Waals surface area contributed by atoms with Crippen molar-refractivity contribution in [2.24, 2.45) is 0 Å². The number of nitro groups is 1. The van der Waals surface area contributed by atoms with Crippen molar-refractivity contribution < 1.29 is 22.9 Å². The highest BCUT2D eigenvalue weighted by Crippen LogP contribution is 2.21. The molecular weight excluding hydrogens is 442 g/mol. The number of sulfone groups is 1. The second-order valence-electron chi connectivity index (χ2n) is 5.48. The second kappa shape index (κ2) is 8.27. The predicted octanol–water partition coefficient (Wildman–Crippen LogP) is 2.13. The molecule has 0 fully saturated rings. The van der Waals surface area contributed by atoms with Gasteiger partial charge in [0.1, 0.15) is 0 Å². The van der Waals surface area contributed by atoms with Crippen LogP contribution in [0.25, 0.3) is 0 Å². The molecular formula is C16H14BrN3O6S. The average Bonchev–Trinajstić information content (AvgIpc) is 2.60. The summed E-state index contributed by atoms with van der Waals surface area (Å²) in [7, 11) is -3.76. The quantitative estimate of drug-likeness (QED) is 0.505. The van der Waals surface area contributed by atoms with Crippen LogP contribution in [-0.4, -0.2) is 38.0 Å². The van der Waals surface area contributed by atoms with Gasteiger partial charge in [-0.05, 0) is 30.3 Å². The summed E-state index contributed by atoms with van der Waals surface area (Å²) in [5.41, 5.74) is -0.254. The van der Waals surface area contributed by atoms with E-state index in [0.717, 1.165) is 28.9 Å². The zero-order chi connectivity index (χ0) is 20.2. The Morgan fingerprint density at radius 3 is 2.33 bits per heavy atom. The number of anilines is 1. The normalized spacial score (nSPS) is 10.9. The standard InChI is InChI=1S/C16H14BrN3O6S/c1-27(25,26)14-7-10(6-13(8-14)20(23)24)16(22)18-9-15(21)19-12-4-2-11(17)3-5-12/h2-8H,9H2,1H3,(H,18,22)(H,19,21). The SMILES string of the molecule is CS(=O)(=O)c1cc(C(=O)NCC(=O)Nc2ccc(Br)cc2)cc([N+](=O)[O-])c1. The lowest BCUT2D eigenvalue weighted by atomic mass is 10.2. The molecule has 0 saturated heterocycles. The van der Waals surface area contributed by atoms with Gasteiger partial charge in [0.2, 0.25) is 5.91 Å². The fraction of sp³-hybridized carbons (Fsp3) is 0.125. The van der Waals surface area contributed by atoms with Gasteiger partial charge in [0.15, 0.2) is 9.84 Å². The van der Waals surface area contributed by atoms with Gasteiger partial charge in [-0.1, -0.05) is 15.9 Å². The van der Waals surface area contributed by atoms with Crippen molar-refractivity contribution in [2.75, 3.05) is 18.1 Å². The third-order valence-electron chi connectivity index (χ3n) is 3.33. The lowest BCUT2D eigenvalue weighted by Gasteiger charge is -2.08. The van der Waals surface area contributed by atoms with Crippen molar-refractivity contribution in [3.63, 3.8) is 0 Å². The fourth-order valence-corrected chi connectivity index (χ4v) is 2.98. The predicted molar refractivity (Wildman–Crippen MR) is 101 cm³/mol. The Labute approximate surface area is 163 Å². The number of hydrogen-bond acceptors (Lipinski definition) is 6. The number of halogens is 1. The van der Waals surface area contributed by atoms with Crippen LogP contribution in [0.2, 0.25) is 0 Å². The van der Waals surface area contributed by atoms with Crippen molar-refractivity contribution in [3.8, 4) is 0 Å². The first-order valence-corrected chi connectivity index (χ1v) is 10.1. The maximum absolute atomic E-state index is 12.2. The van der Waals surface area contributed by atoms with Crippen LogP contribution >= 0.6 is 15.9 Å². The van der Waals surface area contributed by atoms with Gasteiger partial charge in [-0.2, -0.15) is 0 Å². The molecule has 0 aliphatic rings. The highest BCUT2D eigenvalue weighted by molar-refractivity contribution is 9.10. The topological polar surface area (TPSA) is 135 Å². The van der Waals surface area contributed by atoms with Crippen molar-refractivity contribution in [2.45, 2.75) is 4.90 Å². The second-order valence-corrected chi connectivity index (χ2v) is 8.41. The number of rotatable bonds is 6. The van der Waals surface area contributed by atoms with Crippen LogP contribution in [0, 0.1) is 10.1 Å². The van der Waals surface area contributed by atoms with E-state index in [4.69, 9.17) is 0 Å². The molecule has 9 nitrogen and oxygen atoms in total. The smallest absolute Gasteiger partial charge is 0.271 e. The van der Waals surface area contributed by atoms with Crippen LogP contribution in [0.15, 0.2) is 51.8 Å². The van der Waals surface area contributed by atoms with Crippen LogP contribution in [0.5, 0.6) is 0 Å². The van der Waals surface area contributed by atoms with Gasteiger partial charge in [-0.25, -0.2) is 8.42 Å². The molecule has 2 rings (SSSR count). The first-order chi connectivity index (χ1) is 12.6. The molecule has 2 aromatic rings. The van der Waals surface area contributed by atoms with Crippen molar-refractivity contribution in [3.05, 3.63) is 62.6 Å². The van der Waals surface area contributed by atoms with E-state index in [0.29, 0.717) is 5.69 Å². The molecule has 0 bridgehead atoms. The van der Waals surface area contributed by atoms with E-state index in [2.05, 4.69) is 26.6 Å². The summed E-state index contributed by atoms with van der Waals surface area (Å²) >= 11 is 3.26. The monoisotopic (exact) mass is 455 g/mol. The molecule has 2 N–H and O–H groups in total. The zero-order valence-electron chi connectivity index (χ0n) is 13.9. The Kier molecular flexibility index (Phi) is 6.28. The first kappa shape index (κ1) is 20.5. The third-order valence-corrected chi connectivity index (χ3v) is 4.95. The summed E-state index contributed by atoms with van der Waals surface area (Å²) in [4.78, 5) is 33.9. The zero-order valence-corrected chi connectivity index (χ0v) is 16.3. The van der Waals surface area contributed by atoms with Gasteiger partial charge in [0, 0.05) is 34.1 Å². The van der Waals surface area contributed by atoms with Gasteiger partial charge in [0.05, 0.1) is 16.4 Å². The highest BCUT2D eigenvalue weighted by atomic mass is 79.9. The highest BCUT2D eigenvalue weighted by Gasteiger charge is 2.19. The molecule has 0 aliphatic carbocycles. The molecule has 0 aliphatic heterocycles. The van der Waals surface area contributed by atoms with E-state index < -0.39 is 38.8 Å². The average molecular weight is 456 g/mol. The number of nitrogens with zero attached hydrogens (tertiary/aromatic N) is 1. The van der Waals surface area contributed by atoms with Gasteiger partial charge >= 0.3 is 0 Å². The van der Waals surface area contributed by atoms with E-state index in [-0.39, 0.29) is 10.5 Å². The Morgan fingerprint density at radius 2 is 1.78 bits per heavy atom. The summed E-state index contributed by atoms with van der Waals surface area (Å²) < 4.78 is 24.1. The minimum atomic E-state index is -3.76. The van der Waals surface area contributed by atoms with Crippen molar-refractivity contribution >= 4 is 49.0 Å². The van der Waals surface area contributed by atoms with Gasteiger partial charge < -0.3 is 10.6 Å². The largest absolute Gasteiger partial charge is 0.343 e.